The number of carbonyl (C=O) groups excluding carboxylic acids is 1. The van der Waals surface area contributed by atoms with E-state index in [4.69, 9.17) is 9.84 Å². The van der Waals surface area contributed by atoms with E-state index in [-0.39, 0.29) is 22.1 Å². The van der Waals surface area contributed by atoms with Gasteiger partial charge in [-0.05, 0) is 61.7 Å². The zero-order valence-corrected chi connectivity index (χ0v) is 23.8. The Bertz CT molecular complexity index is 1440. The third kappa shape index (κ3) is 7.88. The lowest BCUT2D eigenvalue weighted by Crippen LogP contribution is -2.50. The number of carbonyl (C=O) groups is 3. The van der Waals surface area contributed by atoms with Crippen LogP contribution in [0, 0.1) is 0 Å². The van der Waals surface area contributed by atoms with Crippen molar-refractivity contribution in [2.75, 3.05) is 38.2 Å². The first-order chi connectivity index (χ1) is 20.1. The van der Waals surface area contributed by atoms with Crippen LogP contribution in [0.1, 0.15) is 46.4 Å². The molecule has 2 aliphatic rings. The van der Waals surface area contributed by atoms with E-state index >= 15 is 0 Å². The van der Waals surface area contributed by atoms with Crippen molar-refractivity contribution < 1.29 is 37.8 Å². The number of carboxylic acid groups (broad SMARTS) is 2. The number of piperidine rings is 1. The van der Waals surface area contributed by atoms with Gasteiger partial charge in [-0.15, -0.1) is 0 Å². The number of carboxylic acids is 2. The summed E-state index contributed by atoms with van der Waals surface area (Å²) in [6.45, 7) is 3.23. The van der Waals surface area contributed by atoms with E-state index in [9.17, 15) is 27.9 Å². The van der Waals surface area contributed by atoms with Gasteiger partial charge in [-0.2, -0.15) is 4.72 Å². The summed E-state index contributed by atoms with van der Waals surface area (Å²) in [5.41, 5.74) is 0.830. The van der Waals surface area contributed by atoms with Crippen LogP contribution in [0.2, 0.25) is 0 Å². The summed E-state index contributed by atoms with van der Waals surface area (Å²) in [4.78, 5) is 41.9. The van der Waals surface area contributed by atoms with Gasteiger partial charge in [-0.25, -0.2) is 13.2 Å². The van der Waals surface area contributed by atoms with Gasteiger partial charge >= 0.3 is 11.9 Å². The molecule has 42 heavy (non-hydrogen) atoms. The van der Waals surface area contributed by atoms with E-state index in [2.05, 4.69) is 30.6 Å². The molecule has 0 saturated carbocycles. The maximum absolute atomic E-state index is 13.1. The number of hydrogen-bond donors (Lipinski definition) is 6. The first kappa shape index (κ1) is 30.6. The molecule has 1 unspecified atom stereocenters. The summed E-state index contributed by atoms with van der Waals surface area (Å²) in [6.07, 6.45) is 0.556. The molecule has 0 aromatic heterocycles. The molecule has 1 atom stereocenters. The van der Waals surface area contributed by atoms with Crippen molar-refractivity contribution in [3.63, 3.8) is 0 Å². The van der Waals surface area contributed by atoms with Gasteiger partial charge in [-0.1, -0.05) is 0 Å². The fourth-order valence-corrected chi connectivity index (χ4v) is 5.89. The van der Waals surface area contributed by atoms with Gasteiger partial charge in [0, 0.05) is 37.8 Å². The smallest absolute Gasteiger partial charge is 0.335 e. The van der Waals surface area contributed by atoms with E-state index in [1.54, 1.807) is 12.1 Å². The number of rotatable bonds is 11. The molecule has 0 aliphatic carbocycles. The minimum atomic E-state index is -4.29. The Morgan fingerprint density at radius 2 is 1.79 bits per heavy atom. The Morgan fingerprint density at radius 1 is 1.10 bits per heavy atom. The summed E-state index contributed by atoms with van der Waals surface area (Å²) >= 11 is 0. The average Bonchev–Trinajstić information content (AvgIpc) is 2.97. The fourth-order valence-electron chi connectivity index (χ4n) is 4.74. The van der Waals surface area contributed by atoms with Crippen molar-refractivity contribution in [3.05, 3.63) is 53.6 Å². The van der Waals surface area contributed by atoms with Crippen LogP contribution in [0.4, 0.5) is 5.69 Å². The number of aliphatic imine (C=N–C) groups is 1. The Kier molecular flexibility index (Phi) is 9.85. The van der Waals surface area contributed by atoms with Crippen LogP contribution in [-0.2, 0) is 14.8 Å². The van der Waals surface area contributed by atoms with Crippen LogP contribution in [-0.4, -0.2) is 87.9 Å². The van der Waals surface area contributed by atoms with E-state index in [1.165, 1.54) is 13.2 Å². The maximum atomic E-state index is 13.1. The molecule has 1 amide bonds. The molecule has 14 nitrogen and oxygen atoms in total. The highest BCUT2D eigenvalue weighted by atomic mass is 32.2. The number of nitrogens with one attached hydrogen (secondary N) is 4. The molecule has 15 heteroatoms. The predicted molar refractivity (Wildman–Crippen MR) is 154 cm³/mol. The first-order valence-electron chi connectivity index (χ1n) is 13.4. The Morgan fingerprint density at radius 3 is 2.38 bits per heavy atom. The highest BCUT2D eigenvalue weighted by Gasteiger charge is 2.26. The number of aliphatic carboxylic acids is 1. The van der Waals surface area contributed by atoms with E-state index in [0.29, 0.717) is 5.75 Å². The van der Waals surface area contributed by atoms with Crippen molar-refractivity contribution in [1.82, 2.24) is 20.7 Å². The molecular formula is C27H34N6O8S. The van der Waals surface area contributed by atoms with E-state index < -0.39 is 40.5 Å². The predicted octanol–water partition coefficient (Wildman–Crippen LogP) is 0.810. The Hall–Kier alpha value is -4.37. The zero-order valence-electron chi connectivity index (χ0n) is 23.0. The molecule has 2 aliphatic heterocycles. The van der Waals surface area contributed by atoms with Gasteiger partial charge in [0.05, 0.1) is 29.7 Å². The third-order valence-corrected chi connectivity index (χ3v) is 8.40. The van der Waals surface area contributed by atoms with Crippen molar-refractivity contribution in [3.8, 4) is 5.75 Å². The summed E-state index contributed by atoms with van der Waals surface area (Å²) in [5, 5.41) is 27.5. The van der Waals surface area contributed by atoms with E-state index in [1.807, 2.05) is 0 Å². The highest BCUT2D eigenvalue weighted by molar-refractivity contribution is 7.89. The van der Waals surface area contributed by atoms with Gasteiger partial charge in [0.25, 0.3) is 5.91 Å². The topological polar surface area (TPSA) is 199 Å². The van der Waals surface area contributed by atoms with Gasteiger partial charge in [0.15, 0.2) is 5.96 Å². The van der Waals surface area contributed by atoms with Crippen LogP contribution in [0.15, 0.2) is 52.4 Å². The lowest BCUT2D eigenvalue weighted by molar-refractivity contribution is -0.137. The lowest BCUT2D eigenvalue weighted by atomic mass is 10.0. The minimum absolute atomic E-state index is 0.116. The largest absolute Gasteiger partial charge is 0.495 e. The number of sulfonamides is 1. The number of anilines is 1. The van der Waals surface area contributed by atoms with Crippen molar-refractivity contribution in [2.24, 2.45) is 4.99 Å². The molecule has 2 aromatic rings. The number of hydrogen-bond acceptors (Lipinski definition) is 10. The molecule has 2 aromatic carbocycles. The molecule has 1 saturated heterocycles. The quantitative estimate of drug-likeness (QED) is 0.199. The van der Waals surface area contributed by atoms with Crippen LogP contribution >= 0.6 is 0 Å². The van der Waals surface area contributed by atoms with Crippen molar-refractivity contribution in [2.45, 2.75) is 42.8 Å². The second kappa shape index (κ2) is 13.5. The van der Waals surface area contributed by atoms with Gasteiger partial charge < -0.3 is 35.8 Å². The van der Waals surface area contributed by atoms with Crippen LogP contribution in [0.3, 0.4) is 0 Å². The number of methoxy groups -OCH3 is 1. The van der Waals surface area contributed by atoms with Gasteiger partial charge in [0.2, 0.25) is 10.0 Å². The summed E-state index contributed by atoms with van der Waals surface area (Å²) in [7, 11) is -2.81. The third-order valence-electron chi connectivity index (χ3n) is 6.91. The molecular weight excluding hydrogens is 568 g/mol. The lowest BCUT2D eigenvalue weighted by Gasteiger charge is -2.35. The normalized spacial score (nSPS) is 16.5. The second-order valence-electron chi connectivity index (χ2n) is 9.88. The van der Waals surface area contributed by atoms with E-state index in [0.717, 1.165) is 81.4 Å². The number of nitrogens with zero attached hydrogens (tertiary/aromatic N) is 2. The Balaban J connectivity index is 1.41. The Labute approximate surface area is 243 Å². The van der Waals surface area contributed by atoms with Crippen molar-refractivity contribution in [1.29, 1.82) is 0 Å². The molecule has 0 radical (unpaired) electrons. The minimum Gasteiger partial charge on any atom is -0.495 e. The van der Waals surface area contributed by atoms with Gasteiger partial charge in [0.1, 0.15) is 11.9 Å². The highest BCUT2D eigenvalue weighted by Crippen LogP contribution is 2.31. The molecule has 6 N–H and O–H groups in total. The van der Waals surface area contributed by atoms with Crippen LogP contribution in [0.25, 0.3) is 0 Å². The number of ether oxygens (including phenoxy) is 1. The maximum Gasteiger partial charge on any atom is 0.335 e. The summed E-state index contributed by atoms with van der Waals surface area (Å²) in [5.74, 6) is -2.00. The summed E-state index contributed by atoms with van der Waals surface area (Å²) < 4.78 is 33.4. The average molecular weight is 603 g/mol. The fraction of sp³-hybridized carbons (Fsp3) is 0.407. The van der Waals surface area contributed by atoms with Crippen molar-refractivity contribution >= 4 is 39.5 Å². The number of guanidine groups is 1. The standard InChI is InChI=1S/C27H34N6O8S/c1-41-22-15-18(5-8-21(22)33-13-9-19(10-14-33)30-27-28-11-2-12-29-27)25(36)31-23(16-24(34)35)32-42(39,40)20-6-3-17(4-7-20)26(37)38/h3-8,15,19,23,32H,2,9-14,16H2,1H3,(H,31,36)(H,34,35)(H,37,38)(H2,28,29,30). The molecule has 226 valence electrons. The van der Waals surface area contributed by atoms with Crippen LogP contribution in [0.5, 0.6) is 5.75 Å². The molecule has 2 heterocycles. The van der Waals surface area contributed by atoms with Gasteiger partial charge in [-0.3, -0.25) is 14.6 Å². The second-order valence-corrected chi connectivity index (χ2v) is 11.6. The number of amides is 1. The van der Waals surface area contributed by atoms with Crippen LogP contribution < -0.4 is 30.3 Å². The zero-order chi connectivity index (χ0) is 30.3. The molecule has 0 spiro atoms. The molecule has 0 bridgehead atoms. The first-order valence-corrected chi connectivity index (χ1v) is 14.9. The number of benzene rings is 2. The molecule has 1 fully saturated rings. The SMILES string of the molecule is COc1cc(C(=O)NC(CC(=O)O)NS(=O)(=O)c2ccc(C(=O)O)cc2)ccc1N1CCC(NC2=NCCCN2)CC1. The monoisotopic (exact) mass is 602 g/mol. The molecule has 4 rings (SSSR count). The summed E-state index contributed by atoms with van der Waals surface area (Å²) in [6, 6.07) is 9.49. The number of aromatic carboxylic acids is 1.